The second-order valence-corrected chi connectivity index (χ2v) is 8.88. The van der Waals surface area contributed by atoms with Gasteiger partial charge in [-0.05, 0) is 25.7 Å². The zero-order valence-corrected chi connectivity index (χ0v) is 13.8. The molecule has 1 aliphatic rings. The molecular formula is C12H16N4O2S3. The number of primary sulfonamides is 1. The highest BCUT2D eigenvalue weighted by Crippen LogP contribution is 2.27. The van der Waals surface area contributed by atoms with E-state index >= 15 is 0 Å². The van der Waals surface area contributed by atoms with Gasteiger partial charge in [-0.15, -0.1) is 11.3 Å². The summed E-state index contributed by atoms with van der Waals surface area (Å²) >= 11 is 2.85. The smallest absolute Gasteiger partial charge is 0.249 e. The number of fused-ring (bicyclic) bond motifs is 1. The molecule has 1 aliphatic carbocycles. The van der Waals surface area contributed by atoms with Crippen molar-refractivity contribution in [2.24, 2.45) is 5.14 Å². The summed E-state index contributed by atoms with van der Waals surface area (Å²) in [5.41, 5.74) is 1.27. The third kappa shape index (κ3) is 3.60. The highest BCUT2D eigenvalue weighted by Gasteiger charge is 2.15. The number of nitrogens with one attached hydrogen (secondary N) is 1. The lowest BCUT2D eigenvalue weighted by Gasteiger charge is -2.06. The van der Waals surface area contributed by atoms with Gasteiger partial charge in [-0.1, -0.05) is 11.3 Å². The summed E-state index contributed by atoms with van der Waals surface area (Å²) in [7, 11) is -3.66. The molecule has 0 amide bonds. The van der Waals surface area contributed by atoms with Crippen molar-refractivity contribution in [3.8, 4) is 0 Å². The van der Waals surface area contributed by atoms with E-state index in [1.165, 1.54) is 29.6 Å². The number of nitrogens with zero attached hydrogens (tertiary/aromatic N) is 2. The van der Waals surface area contributed by atoms with Gasteiger partial charge in [0.2, 0.25) is 10.0 Å². The largest absolute Gasteiger partial charge is 0.361 e. The molecule has 6 nitrogen and oxygen atoms in total. The number of rotatable bonds is 5. The molecule has 9 heteroatoms. The van der Waals surface area contributed by atoms with Crippen molar-refractivity contribution in [2.75, 3.05) is 11.9 Å². The fourth-order valence-electron chi connectivity index (χ4n) is 2.26. The summed E-state index contributed by atoms with van der Waals surface area (Å²) < 4.78 is 22.4. The van der Waals surface area contributed by atoms with Crippen molar-refractivity contribution < 1.29 is 8.42 Å². The molecule has 3 N–H and O–H groups in total. The van der Waals surface area contributed by atoms with Gasteiger partial charge in [0, 0.05) is 17.8 Å². The van der Waals surface area contributed by atoms with Crippen LogP contribution in [-0.4, -0.2) is 24.9 Å². The van der Waals surface area contributed by atoms with Gasteiger partial charge >= 0.3 is 0 Å². The van der Waals surface area contributed by atoms with E-state index in [4.69, 9.17) is 5.14 Å². The van der Waals surface area contributed by atoms with Crippen LogP contribution in [0.3, 0.4) is 0 Å². The Bertz CT molecular complexity index is 712. The zero-order valence-electron chi connectivity index (χ0n) is 11.3. The Balaban J connectivity index is 1.56. The Labute approximate surface area is 131 Å². The number of anilines is 1. The average molecular weight is 344 g/mol. The molecule has 0 radical (unpaired) electrons. The highest BCUT2D eigenvalue weighted by molar-refractivity contribution is 7.91. The Hall–Kier alpha value is -1.03. The minimum absolute atomic E-state index is 0.0784. The standard InChI is InChI=1S/C12H16N4O2S3/c13-21(17,18)11-7-15-12(20-11)14-6-5-10-16-8-3-1-2-4-9(8)19-10/h7H,1-6H2,(H,14,15)(H2,13,17,18). The van der Waals surface area contributed by atoms with Crippen LogP contribution in [0.15, 0.2) is 10.4 Å². The summed E-state index contributed by atoms with van der Waals surface area (Å²) in [6.45, 7) is 0.684. The van der Waals surface area contributed by atoms with Crippen LogP contribution < -0.4 is 10.5 Å². The van der Waals surface area contributed by atoms with Gasteiger partial charge in [0.1, 0.15) is 0 Å². The van der Waals surface area contributed by atoms with E-state index in [0.29, 0.717) is 11.7 Å². The summed E-state index contributed by atoms with van der Waals surface area (Å²) in [5, 5.41) is 9.88. The SMILES string of the molecule is NS(=O)(=O)c1cnc(NCCc2nc3c(s2)CCCC3)s1. The van der Waals surface area contributed by atoms with Crippen LogP contribution in [0.1, 0.15) is 28.4 Å². The first-order valence-electron chi connectivity index (χ1n) is 6.72. The van der Waals surface area contributed by atoms with Crippen molar-refractivity contribution in [2.45, 2.75) is 36.3 Å². The van der Waals surface area contributed by atoms with Gasteiger partial charge in [0.15, 0.2) is 9.34 Å². The maximum atomic E-state index is 11.2. The number of aromatic nitrogens is 2. The van der Waals surface area contributed by atoms with E-state index in [9.17, 15) is 8.42 Å². The molecule has 114 valence electrons. The minimum atomic E-state index is -3.66. The fraction of sp³-hybridized carbons (Fsp3) is 0.500. The van der Waals surface area contributed by atoms with Gasteiger partial charge in [-0.2, -0.15) is 0 Å². The molecule has 21 heavy (non-hydrogen) atoms. The Morgan fingerprint density at radius 3 is 2.81 bits per heavy atom. The third-order valence-corrected chi connectivity index (χ3v) is 6.85. The van der Waals surface area contributed by atoms with Crippen molar-refractivity contribution in [3.05, 3.63) is 21.8 Å². The van der Waals surface area contributed by atoms with Gasteiger partial charge in [-0.25, -0.2) is 23.5 Å². The fourth-order valence-corrected chi connectivity index (χ4v) is 4.89. The molecule has 3 rings (SSSR count). The average Bonchev–Trinajstić information content (AvgIpc) is 3.03. The quantitative estimate of drug-likeness (QED) is 0.861. The molecule has 0 spiro atoms. The summed E-state index contributed by atoms with van der Waals surface area (Å²) in [5.74, 6) is 0. The van der Waals surface area contributed by atoms with Crippen LogP contribution in [0.4, 0.5) is 5.13 Å². The van der Waals surface area contributed by atoms with Gasteiger partial charge in [-0.3, -0.25) is 0 Å². The molecule has 0 aliphatic heterocycles. The van der Waals surface area contributed by atoms with Crippen molar-refractivity contribution in [3.63, 3.8) is 0 Å². The third-order valence-electron chi connectivity index (χ3n) is 3.27. The number of hydrogen-bond acceptors (Lipinski definition) is 7. The predicted molar refractivity (Wildman–Crippen MR) is 84.4 cm³/mol. The van der Waals surface area contributed by atoms with E-state index in [2.05, 4.69) is 15.3 Å². The number of thiazole rings is 2. The van der Waals surface area contributed by atoms with E-state index in [0.717, 1.165) is 35.6 Å². The number of nitrogens with two attached hydrogens (primary N) is 1. The highest BCUT2D eigenvalue weighted by atomic mass is 32.2. The molecule has 0 atom stereocenters. The van der Waals surface area contributed by atoms with Crippen LogP contribution in [-0.2, 0) is 29.3 Å². The Kier molecular flexibility index (Phi) is 4.25. The van der Waals surface area contributed by atoms with Crippen LogP contribution in [0.25, 0.3) is 0 Å². The summed E-state index contributed by atoms with van der Waals surface area (Å²) in [6, 6.07) is 0. The second kappa shape index (κ2) is 5.99. The molecule has 2 aromatic rings. The molecular weight excluding hydrogens is 328 g/mol. The van der Waals surface area contributed by atoms with Gasteiger partial charge in [0.25, 0.3) is 0 Å². The number of hydrogen-bond donors (Lipinski definition) is 2. The van der Waals surface area contributed by atoms with E-state index < -0.39 is 10.0 Å². The van der Waals surface area contributed by atoms with E-state index in [-0.39, 0.29) is 4.21 Å². The normalized spacial score (nSPS) is 14.9. The lowest BCUT2D eigenvalue weighted by Crippen LogP contribution is -2.10. The van der Waals surface area contributed by atoms with Gasteiger partial charge < -0.3 is 5.32 Å². The molecule has 0 fully saturated rings. The van der Waals surface area contributed by atoms with Crippen molar-refractivity contribution >= 4 is 37.8 Å². The molecule has 0 bridgehead atoms. The van der Waals surface area contributed by atoms with Crippen molar-refractivity contribution in [1.29, 1.82) is 0 Å². The number of sulfonamides is 1. The molecule has 0 saturated heterocycles. The Morgan fingerprint density at radius 1 is 1.29 bits per heavy atom. The summed E-state index contributed by atoms with van der Waals surface area (Å²) in [4.78, 5) is 10.1. The zero-order chi connectivity index (χ0) is 14.9. The number of aryl methyl sites for hydroxylation is 2. The maximum Gasteiger partial charge on any atom is 0.249 e. The molecule has 2 heterocycles. The Morgan fingerprint density at radius 2 is 2.10 bits per heavy atom. The molecule has 2 aromatic heterocycles. The molecule has 0 saturated carbocycles. The second-order valence-electron chi connectivity index (χ2n) is 4.89. The molecule has 0 unspecified atom stereocenters. The predicted octanol–water partition coefficient (Wildman–Crippen LogP) is 1.78. The minimum Gasteiger partial charge on any atom is -0.361 e. The monoisotopic (exact) mass is 344 g/mol. The van der Waals surface area contributed by atoms with Gasteiger partial charge in [0.05, 0.1) is 16.9 Å². The van der Waals surface area contributed by atoms with Crippen molar-refractivity contribution in [1.82, 2.24) is 9.97 Å². The molecule has 0 aromatic carbocycles. The van der Waals surface area contributed by atoms with Crippen LogP contribution in [0, 0.1) is 0 Å². The van der Waals surface area contributed by atoms with Crippen LogP contribution >= 0.6 is 22.7 Å². The first-order chi connectivity index (χ1) is 10.0. The summed E-state index contributed by atoms with van der Waals surface area (Å²) in [6.07, 6.45) is 6.87. The lowest BCUT2D eigenvalue weighted by molar-refractivity contribution is 0.599. The topological polar surface area (TPSA) is 98.0 Å². The first-order valence-corrected chi connectivity index (χ1v) is 9.90. The lowest BCUT2D eigenvalue weighted by atomic mass is 10.0. The van der Waals surface area contributed by atoms with E-state index in [1.54, 1.807) is 11.3 Å². The van der Waals surface area contributed by atoms with E-state index in [1.807, 2.05) is 0 Å². The first kappa shape index (κ1) is 14.9. The maximum absolute atomic E-state index is 11.2. The van der Waals surface area contributed by atoms with Crippen LogP contribution in [0.5, 0.6) is 0 Å². The van der Waals surface area contributed by atoms with Crippen LogP contribution in [0.2, 0.25) is 0 Å².